The van der Waals surface area contributed by atoms with E-state index in [1.165, 1.54) is 38.5 Å². The number of amides is 1. The molecule has 1 saturated heterocycles. The molecule has 2 aliphatic rings. The summed E-state index contributed by atoms with van der Waals surface area (Å²) in [5.41, 5.74) is 5.67. The first-order chi connectivity index (χ1) is 9.07. The number of carbonyl (C=O) groups excluding carboxylic acids is 1. The second-order valence-corrected chi connectivity index (χ2v) is 6.51. The van der Waals surface area contributed by atoms with Gasteiger partial charge in [0.05, 0.1) is 11.6 Å². The summed E-state index contributed by atoms with van der Waals surface area (Å²) >= 11 is 0. The van der Waals surface area contributed by atoms with Crippen molar-refractivity contribution in [2.24, 2.45) is 11.7 Å². The summed E-state index contributed by atoms with van der Waals surface area (Å²) in [6.45, 7) is 6.77. The normalized spacial score (nSPS) is 23.8. The Morgan fingerprint density at radius 2 is 1.76 bits per heavy atom. The summed E-state index contributed by atoms with van der Waals surface area (Å²) in [6, 6.07) is -0.0253. The second kappa shape index (κ2) is 9.19. The zero-order valence-electron chi connectivity index (χ0n) is 13.3. The van der Waals surface area contributed by atoms with Gasteiger partial charge in [-0.3, -0.25) is 9.69 Å². The van der Waals surface area contributed by atoms with E-state index in [9.17, 15) is 4.79 Å². The molecule has 21 heavy (non-hydrogen) atoms. The van der Waals surface area contributed by atoms with Crippen molar-refractivity contribution in [1.82, 2.24) is 10.2 Å². The molecule has 1 aliphatic heterocycles. The first-order valence-electron chi connectivity index (χ1n) is 7.83. The van der Waals surface area contributed by atoms with Crippen LogP contribution in [0.3, 0.4) is 0 Å². The molecular formula is C15H31Cl2N3O. The van der Waals surface area contributed by atoms with Gasteiger partial charge < -0.3 is 11.1 Å². The molecule has 4 nitrogen and oxygen atoms in total. The van der Waals surface area contributed by atoms with Crippen molar-refractivity contribution in [3.05, 3.63) is 0 Å². The highest BCUT2D eigenvalue weighted by atomic mass is 35.5. The number of hydrogen-bond acceptors (Lipinski definition) is 3. The lowest BCUT2D eigenvalue weighted by Gasteiger charge is -2.34. The van der Waals surface area contributed by atoms with Gasteiger partial charge in [0.25, 0.3) is 0 Å². The number of hydrogen-bond donors (Lipinski definition) is 2. The molecule has 6 heteroatoms. The monoisotopic (exact) mass is 339 g/mol. The van der Waals surface area contributed by atoms with Crippen molar-refractivity contribution in [3.8, 4) is 0 Å². The molecule has 2 rings (SSSR count). The molecule has 0 aromatic rings. The highest BCUT2D eigenvalue weighted by Crippen LogP contribution is 2.39. The molecule has 0 spiro atoms. The van der Waals surface area contributed by atoms with Gasteiger partial charge >= 0.3 is 0 Å². The number of halogens is 2. The van der Waals surface area contributed by atoms with E-state index in [0.29, 0.717) is 12.5 Å². The minimum Gasteiger partial charge on any atom is -0.348 e. The van der Waals surface area contributed by atoms with Gasteiger partial charge in [0.1, 0.15) is 0 Å². The average Bonchev–Trinajstić information content (AvgIpc) is 3.23. The largest absolute Gasteiger partial charge is 0.348 e. The van der Waals surface area contributed by atoms with Crippen molar-refractivity contribution in [2.45, 2.75) is 64.0 Å². The van der Waals surface area contributed by atoms with Crippen molar-refractivity contribution >= 4 is 30.7 Å². The van der Waals surface area contributed by atoms with Crippen LogP contribution in [0, 0.1) is 5.92 Å². The van der Waals surface area contributed by atoms with E-state index < -0.39 is 0 Å². The van der Waals surface area contributed by atoms with Crippen LogP contribution in [0.25, 0.3) is 0 Å². The van der Waals surface area contributed by atoms with Gasteiger partial charge in [-0.25, -0.2) is 0 Å². The molecule has 1 amide bonds. The van der Waals surface area contributed by atoms with E-state index in [2.05, 4.69) is 17.1 Å². The molecule has 0 aromatic heterocycles. The minimum absolute atomic E-state index is 0. The molecule has 0 bridgehead atoms. The summed E-state index contributed by atoms with van der Waals surface area (Å²) < 4.78 is 0. The highest BCUT2D eigenvalue weighted by Gasteiger charge is 2.42. The van der Waals surface area contributed by atoms with Crippen LogP contribution in [0.1, 0.15) is 52.4 Å². The summed E-state index contributed by atoms with van der Waals surface area (Å²) in [5.74, 6) is 0.736. The Kier molecular flexibility index (Phi) is 9.17. The maximum absolute atomic E-state index is 12.5. The van der Waals surface area contributed by atoms with Gasteiger partial charge in [-0.1, -0.05) is 12.8 Å². The Labute approximate surface area is 141 Å². The maximum Gasteiger partial charge on any atom is 0.237 e. The molecule has 0 radical (unpaired) electrons. The number of likely N-dealkylation sites (tertiary alicyclic amines) is 1. The molecule has 3 N–H and O–H groups in total. The topological polar surface area (TPSA) is 58.4 Å². The van der Waals surface area contributed by atoms with Crippen LogP contribution in [0.2, 0.25) is 0 Å². The SMILES string of the molecule is CC(C(=O)NC(C)(CN)C1CC1)N1CCCCCC1.Cl.Cl. The maximum atomic E-state index is 12.5. The van der Waals surface area contributed by atoms with Crippen LogP contribution in [-0.4, -0.2) is 42.0 Å². The molecular weight excluding hydrogens is 309 g/mol. The molecule has 2 unspecified atom stereocenters. The second-order valence-electron chi connectivity index (χ2n) is 6.51. The number of nitrogens with two attached hydrogens (primary N) is 1. The van der Waals surface area contributed by atoms with Crippen molar-refractivity contribution in [3.63, 3.8) is 0 Å². The van der Waals surface area contributed by atoms with E-state index >= 15 is 0 Å². The van der Waals surface area contributed by atoms with E-state index in [1.54, 1.807) is 0 Å². The number of nitrogens with zero attached hydrogens (tertiary/aromatic N) is 1. The summed E-state index contributed by atoms with van der Waals surface area (Å²) in [4.78, 5) is 14.8. The van der Waals surface area contributed by atoms with Gasteiger partial charge in [0.15, 0.2) is 0 Å². The first-order valence-corrected chi connectivity index (χ1v) is 7.83. The lowest BCUT2D eigenvalue weighted by molar-refractivity contribution is -0.127. The number of rotatable bonds is 5. The lowest BCUT2D eigenvalue weighted by Crippen LogP contribution is -2.57. The smallest absolute Gasteiger partial charge is 0.237 e. The van der Waals surface area contributed by atoms with Crippen LogP contribution in [0.4, 0.5) is 0 Å². The fourth-order valence-electron chi connectivity index (χ4n) is 3.07. The van der Waals surface area contributed by atoms with Crippen molar-refractivity contribution < 1.29 is 4.79 Å². The highest BCUT2D eigenvalue weighted by molar-refractivity contribution is 5.85. The molecule has 1 saturated carbocycles. The Balaban J connectivity index is 0.00000200. The van der Waals surface area contributed by atoms with Gasteiger partial charge in [-0.2, -0.15) is 0 Å². The zero-order chi connectivity index (χ0) is 13.9. The first kappa shape index (κ1) is 21.0. The predicted octanol–water partition coefficient (Wildman–Crippen LogP) is 2.34. The third kappa shape index (κ3) is 5.59. The van der Waals surface area contributed by atoms with Gasteiger partial charge in [0.2, 0.25) is 5.91 Å². The Morgan fingerprint density at radius 1 is 1.24 bits per heavy atom. The molecule has 2 atom stereocenters. The standard InChI is InChI=1S/C15H29N3O.2ClH/c1-12(18-9-5-3-4-6-10-18)14(19)17-15(2,11-16)13-7-8-13;;/h12-13H,3-11,16H2,1-2H3,(H,17,19);2*1H. The molecule has 1 aliphatic carbocycles. The van der Waals surface area contributed by atoms with Crippen LogP contribution < -0.4 is 11.1 Å². The van der Waals surface area contributed by atoms with Crippen LogP contribution in [0.5, 0.6) is 0 Å². The van der Waals surface area contributed by atoms with Crippen LogP contribution in [0.15, 0.2) is 0 Å². The van der Waals surface area contributed by atoms with Gasteiger partial charge in [-0.05, 0) is 58.5 Å². The zero-order valence-corrected chi connectivity index (χ0v) is 14.9. The minimum atomic E-state index is -0.197. The number of carbonyl (C=O) groups is 1. The Morgan fingerprint density at radius 3 is 2.19 bits per heavy atom. The third-order valence-corrected chi connectivity index (χ3v) is 4.88. The quantitative estimate of drug-likeness (QED) is 0.808. The molecule has 2 fully saturated rings. The van der Waals surface area contributed by atoms with Gasteiger partial charge in [-0.15, -0.1) is 24.8 Å². The predicted molar refractivity (Wildman–Crippen MR) is 92.3 cm³/mol. The van der Waals surface area contributed by atoms with E-state index in [0.717, 1.165) is 13.1 Å². The van der Waals surface area contributed by atoms with Crippen LogP contribution >= 0.6 is 24.8 Å². The average molecular weight is 340 g/mol. The van der Waals surface area contributed by atoms with Crippen molar-refractivity contribution in [2.75, 3.05) is 19.6 Å². The summed E-state index contributed by atoms with van der Waals surface area (Å²) in [6.07, 6.45) is 7.43. The Bertz CT molecular complexity index is 318. The fourth-order valence-corrected chi connectivity index (χ4v) is 3.07. The van der Waals surface area contributed by atoms with Crippen LogP contribution in [-0.2, 0) is 4.79 Å². The third-order valence-electron chi connectivity index (χ3n) is 4.88. The molecule has 0 aromatic carbocycles. The lowest BCUT2D eigenvalue weighted by atomic mass is 9.95. The van der Waals surface area contributed by atoms with Gasteiger partial charge in [0, 0.05) is 6.54 Å². The van der Waals surface area contributed by atoms with E-state index in [-0.39, 0.29) is 42.3 Å². The van der Waals surface area contributed by atoms with Crippen molar-refractivity contribution in [1.29, 1.82) is 0 Å². The van der Waals surface area contributed by atoms with E-state index in [1.807, 2.05) is 6.92 Å². The molecule has 1 heterocycles. The Hall–Kier alpha value is -0.0300. The molecule has 126 valence electrons. The summed E-state index contributed by atoms with van der Waals surface area (Å²) in [7, 11) is 0. The fraction of sp³-hybridized carbons (Fsp3) is 0.933. The summed E-state index contributed by atoms with van der Waals surface area (Å²) in [5, 5.41) is 3.22. The number of nitrogens with one attached hydrogen (secondary N) is 1. The van der Waals surface area contributed by atoms with E-state index in [4.69, 9.17) is 5.73 Å².